The second kappa shape index (κ2) is 6.46. The topological polar surface area (TPSA) is 66.4 Å². The Hall–Kier alpha value is -1.26. The molecule has 1 unspecified atom stereocenters. The number of halogens is 2. The molecule has 1 aliphatic carbocycles. The van der Waals surface area contributed by atoms with Gasteiger partial charge in [-0.25, -0.2) is 4.79 Å². The van der Waals surface area contributed by atoms with Crippen LogP contribution in [0.4, 0.5) is 0 Å². The molecule has 1 amide bonds. The van der Waals surface area contributed by atoms with Gasteiger partial charge >= 0.3 is 5.97 Å². The summed E-state index contributed by atoms with van der Waals surface area (Å²) in [5.74, 6) is -0.969. The van der Waals surface area contributed by atoms with Crippen molar-refractivity contribution >= 4 is 35.1 Å². The normalized spacial score (nSPS) is 15.7. The summed E-state index contributed by atoms with van der Waals surface area (Å²) in [6.45, 7) is 0. The fraction of sp³-hybridized carbons (Fsp3) is 0.429. The Bertz CT molecular complexity index is 509. The molecule has 20 heavy (non-hydrogen) atoms. The number of carbonyl (C=O) groups excluding carboxylic acids is 1. The molecule has 1 atom stereocenters. The van der Waals surface area contributed by atoms with Crippen LogP contribution in [0, 0.1) is 5.92 Å². The van der Waals surface area contributed by atoms with Crippen LogP contribution in [0.2, 0.25) is 10.0 Å². The van der Waals surface area contributed by atoms with Gasteiger partial charge in [0.1, 0.15) is 6.04 Å². The van der Waals surface area contributed by atoms with E-state index in [4.69, 9.17) is 28.3 Å². The van der Waals surface area contributed by atoms with Crippen LogP contribution in [-0.4, -0.2) is 23.0 Å². The molecule has 0 radical (unpaired) electrons. The number of hydrogen-bond acceptors (Lipinski definition) is 2. The zero-order valence-electron chi connectivity index (χ0n) is 10.7. The average molecular weight is 316 g/mol. The summed E-state index contributed by atoms with van der Waals surface area (Å²) < 4.78 is 0. The maximum absolute atomic E-state index is 11.9. The van der Waals surface area contributed by atoms with Gasteiger partial charge < -0.3 is 10.4 Å². The smallest absolute Gasteiger partial charge is 0.326 e. The van der Waals surface area contributed by atoms with E-state index in [1.165, 1.54) is 0 Å². The van der Waals surface area contributed by atoms with E-state index in [0.717, 1.165) is 12.8 Å². The Kier molecular flexibility index (Phi) is 4.89. The molecule has 0 spiro atoms. The van der Waals surface area contributed by atoms with Crippen LogP contribution in [0.1, 0.15) is 24.8 Å². The van der Waals surface area contributed by atoms with Gasteiger partial charge in [0.25, 0.3) is 0 Å². The minimum atomic E-state index is -1.00. The number of aliphatic carboxylic acids is 1. The molecule has 1 aliphatic rings. The number of nitrogens with one attached hydrogen (secondary N) is 1. The van der Waals surface area contributed by atoms with Gasteiger partial charge in [0.05, 0.1) is 6.42 Å². The molecule has 0 saturated heterocycles. The maximum atomic E-state index is 11.9. The summed E-state index contributed by atoms with van der Waals surface area (Å²) in [6, 6.07) is 4.15. The van der Waals surface area contributed by atoms with Crippen LogP contribution in [0.15, 0.2) is 18.2 Å². The van der Waals surface area contributed by atoms with Gasteiger partial charge in [-0.05, 0) is 30.0 Å². The van der Waals surface area contributed by atoms with E-state index in [-0.39, 0.29) is 12.3 Å². The van der Waals surface area contributed by atoms with Crippen LogP contribution in [0.5, 0.6) is 0 Å². The highest BCUT2D eigenvalue weighted by molar-refractivity contribution is 6.36. The number of carboxylic acid groups (broad SMARTS) is 1. The highest BCUT2D eigenvalue weighted by Crippen LogP contribution is 2.33. The lowest BCUT2D eigenvalue weighted by molar-refractivity contribution is -0.142. The molecule has 1 saturated carbocycles. The zero-order valence-corrected chi connectivity index (χ0v) is 12.2. The molecule has 1 aromatic rings. The van der Waals surface area contributed by atoms with Crippen molar-refractivity contribution in [1.82, 2.24) is 5.32 Å². The second-order valence-corrected chi connectivity index (χ2v) is 5.83. The van der Waals surface area contributed by atoms with Gasteiger partial charge in [0, 0.05) is 10.0 Å². The Morgan fingerprint density at radius 1 is 1.30 bits per heavy atom. The molecule has 2 rings (SSSR count). The molecule has 0 aliphatic heterocycles. The van der Waals surface area contributed by atoms with Crippen molar-refractivity contribution in [2.75, 3.05) is 0 Å². The van der Waals surface area contributed by atoms with Crippen molar-refractivity contribution < 1.29 is 14.7 Å². The Balaban J connectivity index is 1.98. The lowest BCUT2D eigenvalue weighted by Gasteiger charge is -2.14. The van der Waals surface area contributed by atoms with Gasteiger partial charge in [-0.2, -0.15) is 0 Å². The molecular weight excluding hydrogens is 301 g/mol. The van der Waals surface area contributed by atoms with E-state index in [9.17, 15) is 9.59 Å². The van der Waals surface area contributed by atoms with Crippen molar-refractivity contribution in [3.8, 4) is 0 Å². The summed E-state index contributed by atoms with van der Waals surface area (Å²) in [5.41, 5.74) is 0.517. The van der Waals surface area contributed by atoms with Gasteiger partial charge in [-0.3, -0.25) is 4.79 Å². The largest absolute Gasteiger partial charge is 0.480 e. The monoisotopic (exact) mass is 315 g/mol. The van der Waals surface area contributed by atoms with E-state index < -0.39 is 12.0 Å². The van der Waals surface area contributed by atoms with E-state index >= 15 is 0 Å². The summed E-state index contributed by atoms with van der Waals surface area (Å²) in [6.07, 6.45) is 2.54. The molecule has 0 bridgehead atoms. The minimum Gasteiger partial charge on any atom is -0.480 e. The first-order valence-corrected chi connectivity index (χ1v) is 7.18. The molecule has 108 valence electrons. The highest BCUT2D eigenvalue weighted by Gasteiger charge is 2.30. The van der Waals surface area contributed by atoms with Crippen LogP contribution in [-0.2, 0) is 16.0 Å². The predicted octanol–water partition coefficient (Wildman–Crippen LogP) is 2.91. The Labute approximate surface area is 127 Å². The molecule has 6 heteroatoms. The minimum absolute atomic E-state index is 0.0209. The highest BCUT2D eigenvalue weighted by atomic mass is 35.5. The summed E-state index contributed by atoms with van der Waals surface area (Å²) in [5, 5.41) is 12.5. The summed E-state index contributed by atoms with van der Waals surface area (Å²) >= 11 is 12.0. The van der Waals surface area contributed by atoms with Gasteiger partial charge in [0.15, 0.2) is 0 Å². The fourth-order valence-corrected chi connectivity index (χ4v) is 2.55. The molecule has 0 heterocycles. The molecular formula is C14H15Cl2NO3. The number of benzene rings is 1. The summed E-state index contributed by atoms with van der Waals surface area (Å²) in [4.78, 5) is 23.1. The van der Waals surface area contributed by atoms with Crippen LogP contribution >= 0.6 is 23.2 Å². The standard InChI is InChI=1S/C14H15Cl2NO3/c15-10-2-1-3-11(16)9(10)7-13(18)17-12(14(19)20)6-8-4-5-8/h1-3,8,12H,4-7H2,(H,17,18)(H,19,20). The quantitative estimate of drug-likeness (QED) is 0.848. The number of carboxylic acids is 1. The number of rotatable bonds is 6. The Morgan fingerprint density at radius 2 is 1.90 bits per heavy atom. The van der Waals surface area contributed by atoms with Crippen LogP contribution in [0.25, 0.3) is 0 Å². The van der Waals surface area contributed by atoms with Crippen LogP contribution < -0.4 is 5.32 Å². The zero-order chi connectivity index (χ0) is 14.7. The molecule has 2 N–H and O–H groups in total. The van der Waals surface area contributed by atoms with Gasteiger partial charge in [0.2, 0.25) is 5.91 Å². The summed E-state index contributed by atoms with van der Waals surface area (Å²) in [7, 11) is 0. The lowest BCUT2D eigenvalue weighted by Crippen LogP contribution is -2.41. The first-order chi connectivity index (χ1) is 9.47. The third-order valence-corrected chi connectivity index (χ3v) is 4.01. The van der Waals surface area contributed by atoms with Gasteiger partial charge in [-0.15, -0.1) is 0 Å². The Morgan fingerprint density at radius 3 is 2.40 bits per heavy atom. The third-order valence-electron chi connectivity index (χ3n) is 3.30. The first kappa shape index (κ1) is 15.1. The maximum Gasteiger partial charge on any atom is 0.326 e. The second-order valence-electron chi connectivity index (χ2n) is 5.01. The van der Waals surface area contributed by atoms with Crippen molar-refractivity contribution in [2.24, 2.45) is 5.92 Å². The van der Waals surface area contributed by atoms with E-state index in [1.807, 2.05) is 0 Å². The SMILES string of the molecule is O=C(Cc1c(Cl)cccc1Cl)NC(CC1CC1)C(=O)O. The van der Waals surface area contributed by atoms with Crippen molar-refractivity contribution in [2.45, 2.75) is 31.7 Å². The van der Waals surface area contributed by atoms with E-state index in [0.29, 0.717) is 27.9 Å². The van der Waals surface area contributed by atoms with Crippen LogP contribution in [0.3, 0.4) is 0 Å². The molecule has 4 nitrogen and oxygen atoms in total. The van der Waals surface area contributed by atoms with E-state index in [1.54, 1.807) is 18.2 Å². The van der Waals surface area contributed by atoms with Crippen molar-refractivity contribution in [3.63, 3.8) is 0 Å². The fourth-order valence-electron chi connectivity index (χ4n) is 2.02. The molecule has 0 aromatic heterocycles. The number of hydrogen-bond donors (Lipinski definition) is 2. The number of carbonyl (C=O) groups is 2. The van der Waals surface area contributed by atoms with Crippen molar-refractivity contribution in [1.29, 1.82) is 0 Å². The van der Waals surface area contributed by atoms with Crippen molar-refractivity contribution in [3.05, 3.63) is 33.8 Å². The van der Waals surface area contributed by atoms with Gasteiger partial charge in [-0.1, -0.05) is 42.1 Å². The molecule has 1 fully saturated rings. The predicted molar refractivity (Wildman–Crippen MR) is 77.1 cm³/mol. The average Bonchev–Trinajstić information content (AvgIpc) is 3.17. The number of amides is 1. The lowest BCUT2D eigenvalue weighted by atomic mass is 10.1. The molecule has 1 aromatic carbocycles. The first-order valence-electron chi connectivity index (χ1n) is 6.42. The third kappa shape index (κ3) is 4.12. The van der Waals surface area contributed by atoms with E-state index in [2.05, 4.69) is 5.32 Å².